The summed E-state index contributed by atoms with van der Waals surface area (Å²) in [7, 11) is 0. The summed E-state index contributed by atoms with van der Waals surface area (Å²) in [5.41, 5.74) is 0.150. The van der Waals surface area contributed by atoms with Gasteiger partial charge in [-0.2, -0.15) is 13.2 Å². The van der Waals surface area contributed by atoms with Crippen molar-refractivity contribution in [3.8, 4) is 11.4 Å². The molecule has 1 amide bonds. The van der Waals surface area contributed by atoms with E-state index in [4.69, 9.17) is 16.0 Å². The van der Waals surface area contributed by atoms with Crippen LogP contribution >= 0.6 is 11.6 Å². The molecule has 6 nitrogen and oxygen atoms in total. The van der Waals surface area contributed by atoms with Crippen LogP contribution in [0.4, 0.5) is 18.9 Å². The molecular weight excluding hydrogens is 409 g/mol. The number of halogens is 4. The van der Waals surface area contributed by atoms with Gasteiger partial charge in [-0.1, -0.05) is 11.6 Å². The molecule has 29 heavy (non-hydrogen) atoms. The summed E-state index contributed by atoms with van der Waals surface area (Å²) in [6.45, 7) is 1.72. The topological polar surface area (TPSA) is 83.8 Å². The number of nitrogens with zero attached hydrogens (tertiary/aromatic N) is 2. The van der Waals surface area contributed by atoms with Crippen LogP contribution < -0.4 is 5.32 Å². The molecule has 0 radical (unpaired) electrons. The smallest absolute Gasteiger partial charge is 0.417 e. The summed E-state index contributed by atoms with van der Waals surface area (Å²) in [6, 6.07) is 8.82. The first-order valence-corrected chi connectivity index (χ1v) is 8.69. The molecular formula is C19H12ClF3N4O2. The summed E-state index contributed by atoms with van der Waals surface area (Å²) in [5, 5.41) is 2.97. The molecule has 3 aromatic heterocycles. The Morgan fingerprint density at radius 1 is 1.21 bits per heavy atom. The average molecular weight is 421 g/mol. The van der Waals surface area contributed by atoms with Crippen molar-refractivity contribution in [3.63, 3.8) is 0 Å². The Hall–Kier alpha value is -3.33. The number of benzene rings is 1. The van der Waals surface area contributed by atoms with Crippen LogP contribution in [0.15, 0.2) is 47.0 Å². The fourth-order valence-electron chi connectivity index (χ4n) is 2.72. The molecule has 0 spiro atoms. The molecule has 0 saturated heterocycles. The highest BCUT2D eigenvalue weighted by atomic mass is 35.5. The number of amides is 1. The van der Waals surface area contributed by atoms with E-state index >= 15 is 0 Å². The lowest BCUT2D eigenvalue weighted by molar-refractivity contribution is -0.137. The molecule has 4 rings (SSSR count). The fourth-order valence-corrected chi connectivity index (χ4v) is 2.92. The van der Waals surface area contributed by atoms with Gasteiger partial charge in [-0.25, -0.2) is 9.97 Å². The lowest BCUT2D eigenvalue weighted by atomic mass is 10.2. The second kappa shape index (κ2) is 6.93. The van der Waals surface area contributed by atoms with E-state index in [1.165, 1.54) is 0 Å². The lowest BCUT2D eigenvalue weighted by Gasteiger charge is -2.07. The summed E-state index contributed by atoms with van der Waals surface area (Å²) >= 11 is 6.23. The minimum absolute atomic E-state index is 0.115. The van der Waals surface area contributed by atoms with E-state index in [1.807, 2.05) is 0 Å². The predicted molar refractivity (Wildman–Crippen MR) is 101 cm³/mol. The first kappa shape index (κ1) is 19.0. The third-order valence-electron chi connectivity index (χ3n) is 4.11. The normalized spacial score (nSPS) is 11.8. The standard InChI is InChI=1S/C19H12ClF3N4O2/c1-9-2-5-15(29-9)18(28)25-11-3-4-13(20)12(7-11)16-26-14-6-10(19(21,22)23)8-24-17(14)27-16/h2-8H,1H3,(H,25,28)(H,24,26,27). The van der Waals surface area contributed by atoms with Gasteiger partial charge in [0.25, 0.3) is 5.91 Å². The van der Waals surface area contributed by atoms with Gasteiger partial charge in [-0.05, 0) is 43.3 Å². The molecule has 0 aliphatic heterocycles. The van der Waals surface area contributed by atoms with E-state index in [2.05, 4.69) is 20.3 Å². The largest absolute Gasteiger partial charge is 0.456 e. The zero-order valence-corrected chi connectivity index (χ0v) is 15.5. The number of aryl methyl sites for hydroxylation is 1. The predicted octanol–water partition coefficient (Wildman–Crippen LogP) is 5.45. The molecule has 0 saturated carbocycles. The molecule has 148 valence electrons. The van der Waals surface area contributed by atoms with Gasteiger partial charge in [-0.15, -0.1) is 0 Å². The van der Waals surface area contributed by atoms with Crippen molar-refractivity contribution in [2.75, 3.05) is 5.32 Å². The quantitative estimate of drug-likeness (QED) is 0.461. The van der Waals surface area contributed by atoms with E-state index < -0.39 is 17.6 Å². The van der Waals surface area contributed by atoms with Crippen molar-refractivity contribution in [1.82, 2.24) is 15.0 Å². The van der Waals surface area contributed by atoms with E-state index in [-0.39, 0.29) is 22.7 Å². The summed E-state index contributed by atoms with van der Waals surface area (Å²) in [5.74, 6) is 0.515. The van der Waals surface area contributed by atoms with Gasteiger partial charge in [0, 0.05) is 17.4 Å². The number of fused-ring (bicyclic) bond motifs is 1. The van der Waals surface area contributed by atoms with E-state index in [9.17, 15) is 18.0 Å². The van der Waals surface area contributed by atoms with E-state index in [0.717, 1.165) is 12.3 Å². The Morgan fingerprint density at radius 2 is 2.00 bits per heavy atom. The van der Waals surface area contributed by atoms with Crippen molar-refractivity contribution in [2.45, 2.75) is 13.1 Å². The highest BCUT2D eigenvalue weighted by molar-refractivity contribution is 6.33. The van der Waals surface area contributed by atoms with Crippen molar-refractivity contribution in [3.05, 3.63) is 64.7 Å². The Kier molecular flexibility index (Phi) is 4.54. The van der Waals surface area contributed by atoms with E-state index in [0.29, 0.717) is 22.0 Å². The molecule has 0 aliphatic carbocycles. The molecule has 10 heteroatoms. The number of alkyl halides is 3. The van der Waals surface area contributed by atoms with Gasteiger partial charge in [0.2, 0.25) is 0 Å². The number of hydrogen-bond acceptors (Lipinski definition) is 4. The fraction of sp³-hybridized carbons (Fsp3) is 0.105. The van der Waals surface area contributed by atoms with Crippen LogP contribution in [0.1, 0.15) is 21.9 Å². The molecule has 3 heterocycles. The highest BCUT2D eigenvalue weighted by Crippen LogP contribution is 2.33. The number of hydrogen-bond donors (Lipinski definition) is 2. The summed E-state index contributed by atoms with van der Waals surface area (Å²) in [6.07, 6.45) is -3.80. The molecule has 0 unspecified atom stereocenters. The Labute approximate surface area is 166 Å². The number of carbonyl (C=O) groups is 1. The van der Waals surface area contributed by atoms with Crippen LogP contribution in [0.3, 0.4) is 0 Å². The monoisotopic (exact) mass is 420 g/mol. The Morgan fingerprint density at radius 3 is 2.69 bits per heavy atom. The minimum atomic E-state index is -4.52. The minimum Gasteiger partial charge on any atom is -0.456 e. The lowest BCUT2D eigenvalue weighted by Crippen LogP contribution is -2.10. The first-order valence-electron chi connectivity index (χ1n) is 8.31. The van der Waals surface area contributed by atoms with Crippen LogP contribution in [0.5, 0.6) is 0 Å². The Balaban J connectivity index is 1.67. The van der Waals surface area contributed by atoms with Gasteiger partial charge >= 0.3 is 6.18 Å². The highest BCUT2D eigenvalue weighted by Gasteiger charge is 2.31. The third kappa shape index (κ3) is 3.81. The second-order valence-corrected chi connectivity index (χ2v) is 6.64. The maximum atomic E-state index is 12.9. The van der Waals surface area contributed by atoms with Crippen LogP contribution in [0.25, 0.3) is 22.6 Å². The number of imidazole rings is 1. The number of anilines is 1. The van der Waals surface area contributed by atoms with Gasteiger partial charge in [0.1, 0.15) is 11.6 Å². The van der Waals surface area contributed by atoms with Crippen LogP contribution in [0, 0.1) is 6.92 Å². The third-order valence-corrected chi connectivity index (χ3v) is 4.44. The number of H-pyrrole nitrogens is 1. The zero-order chi connectivity index (χ0) is 20.8. The van der Waals surface area contributed by atoms with Gasteiger partial charge < -0.3 is 14.7 Å². The number of furan rings is 1. The SMILES string of the molecule is Cc1ccc(C(=O)Nc2ccc(Cl)c(-c3nc4ncc(C(F)(F)F)cc4[nH]3)c2)o1. The number of aromatic amines is 1. The van der Waals surface area contributed by atoms with Crippen LogP contribution in [-0.2, 0) is 6.18 Å². The van der Waals surface area contributed by atoms with Crippen molar-refractivity contribution >= 4 is 34.4 Å². The molecule has 0 aliphatic rings. The first-order chi connectivity index (χ1) is 13.7. The number of nitrogens with one attached hydrogen (secondary N) is 2. The van der Waals surface area contributed by atoms with Gasteiger partial charge in [0.15, 0.2) is 11.4 Å². The zero-order valence-electron chi connectivity index (χ0n) is 14.8. The maximum Gasteiger partial charge on any atom is 0.417 e. The van der Waals surface area contributed by atoms with Crippen molar-refractivity contribution < 1.29 is 22.4 Å². The molecule has 2 N–H and O–H groups in total. The summed E-state index contributed by atoms with van der Waals surface area (Å²) < 4.78 is 43.9. The number of pyridine rings is 1. The number of rotatable bonds is 3. The maximum absolute atomic E-state index is 12.9. The molecule has 4 aromatic rings. The molecule has 1 aromatic carbocycles. The number of carbonyl (C=O) groups excluding carboxylic acids is 1. The summed E-state index contributed by atoms with van der Waals surface area (Å²) in [4.78, 5) is 23.0. The van der Waals surface area contributed by atoms with Crippen LogP contribution in [-0.4, -0.2) is 20.9 Å². The average Bonchev–Trinajstić information content (AvgIpc) is 3.28. The van der Waals surface area contributed by atoms with E-state index in [1.54, 1.807) is 37.3 Å². The Bertz CT molecular complexity index is 1230. The molecule has 0 bridgehead atoms. The van der Waals surface area contributed by atoms with Crippen molar-refractivity contribution in [1.29, 1.82) is 0 Å². The molecule has 0 atom stereocenters. The van der Waals surface area contributed by atoms with Crippen LogP contribution in [0.2, 0.25) is 5.02 Å². The van der Waals surface area contributed by atoms with Crippen molar-refractivity contribution in [2.24, 2.45) is 0 Å². The number of aromatic nitrogens is 3. The van der Waals surface area contributed by atoms with Gasteiger partial charge in [-0.3, -0.25) is 4.79 Å². The van der Waals surface area contributed by atoms with Gasteiger partial charge in [0.05, 0.1) is 16.1 Å². The second-order valence-electron chi connectivity index (χ2n) is 6.24. The molecule has 0 fully saturated rings.